The van der Waals surface area contributed by atoms with E-state index in [1.807, 2.05) is 0 Å². The van der Waals surface area contributed by atoms with Crippen LogP contribution in [0.5, 0.6) is 0 Å². The minimum absolute atomic E-state index is 0.167. The Bertz CT molecular complexity index is 4090. The number of aryl methyl sites for hydroxylation is 9. The van der Waals surface area contributed by atoms with Gasteiger partial charge in [0, 0.05) is 68.8 Å². The van der Waals surface area contributed by atoms with Crippen LogP contribution < -0.4 is 39.0 Å². The van der Waals surface area contributed by atoms with Crippen LogP contribution in [0.2, 0.25) is 78.6 Å². The van der Waals surface area contributed by atoms with Gasteiger partial charge in [0.15, 0.2) is 24.8 Å². The average molecular weight is 1390 g/mol. The molecular formula is C90H140N4Si4+4. The van der Waals surface area contributed by atoms with Crippen molar-refractivity contribution in [2.45, 2.75) is 271 Å². The highest BCUT2D eigenvalue weighted by Gasteiger charge is 2.35. The standard InChI is InChI=1S/3C23H36NSi.C21H32NSi/c1-16(2)20-15-24(7)21(14-22(20)25(8,9)10)19-12-11-18(13-17(19)3)23(4,5)6;1-16(2)18-12-11-17(3)19(13-18)21-14-22(25(8,9)10)20(15-24(21)7)23(4,5)6;1-16(2)12-19-10-11-20(18(5)13-19)22-14-23(25(7,8)9)21(17(3)4)15-24(22)6;1-15-10-11-16(2)17(12-15)19-13-20(23(7,8)9)18(14-22(19)6)21(3,4)5/h2*11-16H,1-10H3;10-11,13-17H,12H2,1-9H3;10-14H,1-9H3/q4*+1. The van der Waals surface area contributed by atoms with Gasteiger partial charge in [-0.2, -0.15) is 0 Å². The van der Waals surface area contributed by atoms with Gasteiger partial charge in [-0.3, -0.25) is 0 Å². The Kier molecular flexibility index (Phi) is 26.9. The van der Waals surface area contributed by atoms with Gasteiger partial charge >= 0.3 is 0 Å². The Labute approximate surface area is 606 Å². The lowest BCUT2D eigenvalue weighted by Gasteiger charge is -2.28. The Morgan fingerprint density at radius 2 is 0.673 bits per heavy atom. The fourth-order valence-corrected chi connectivity index (χ4v) is 20.9. The molecule has 98 heavy (non-hydrogen) atoms. The maximum atomic E-state index is 2.49. The molecule has 4 heterocycles. The van der Waals surface area contributed by atoms with Gasteiger partial charge in [0.05, 0.1) is 32.3 Å². The Morgan fingerprint density at radius 1 is 0.327 bits per heavy atom. The van der Waals surface area contributed by atoms with E-state index in [0.717, 1.165) is 6.42 Å². The molecule has 0 fully saturated rings. The second-order valence-corrected chi connectivity index (χ2v) is 58.0. The zero-order chi connectivity index (χ0) is 74.8. The lowest BCUT2D eigenvalue weighted by atomic mass is 9.85. The SMILES string of the molecule is Cc1cc(C(C)(C)C)ccc1-c1cc([Si](C)(C)C)c(C(C)C)c[n+]1C.Cc1cc(CC(C)C)ccc1-c1cc([Si](C)(C)C)c(C(C)C)c[n+]1C.Cc1ccc(C(C)C)cc1-c1cc([Si](C)(C)C)c(C(C)(C)C)c[n+]1C.Cc1ccc(C)c(-c2cc([Si](C)(C)C)c(C(C)(C)C)c[n+]2C)c1. The molecule has 8 aromatic rings. The second kappa shape index (κ2) is 31.7. The summed E-state index contributed by atoms with van der Waals surface area (Å²) in [5.41, 5.74) is 28.4. The van der Waals surface area contributed by atoms with Gasteiger partial charge in [0.25, 0.3) is 0 Å². The first-order valence-electron chi connectivity index (χ1n) is 37.1. The van der Waals surface area contributed by atoms with Gasteiger partial charge in [-0.25, -0.2) is 18.3 Å². The smallest absolute Gasteiger partial charge is 0.201 e. The molecule has 4 aromatic carbocycles. The van der Waals surface area contributed by atoms with E-state index < -0.39 is 32.3 Å². The van der Waals surface area contributed by atoms with Gasteiger partial charge in [-0.15, -0.1) is 0 Å². The van der Waals surface area contributed by atoms with Crippen molar-refractivity contribution in [3.05, 3.63) is 189 Å². The predicted octanol–water partition coefficient (Wildman–Crippen LogP) is 20.9. The third-order valence-electron chi connectivity index (χ3n) is 19.7. The van der Waals surface area contributed by atoms with Crippen molar-refractivity contribution >= 4 is 53.0 Å². The van der Waals surface area contributed by atoms with Gasteiger partial charge in [0.2, 0.25) is 22.8 Å². The number of nitrogens with zero attached hydrogens (tertiary/aromatic N) is 4. The summed E-state index contributed by atoms with van der Waals surface area (Å²) >= 11 is 0. The molecule has 0 bridgehead atoms. The van der Waals surface area contributed by atoms with Gasteiger partial charge in [0.1, 0.15) is 28.2 Å². The van der Waals surface area contributed by atoms with E-state index in [2.05, 4.69) is 399 Å². The summed E-state index contributed by atoms with van der Waals surface area (Å²) in [6, 6.07) is 37.6. The molecule has 532 valence electrons. The molecular weight excluding hydrogens is 1250 g/mol. The lowest BCUT2D eigenvalue weighted by molar-refractivity contribution is -0.661. The first-order valence-corrected chi connectivity index (χ1v) is 51.1. The Morgan fingerprint density at radius 3 is 1.01 bits per heavy atom. The summed E-state index contributed by atoms with van der Waals surface area (Å²) in [7, 11) is 3.10. The van der Waals surface area contributed by atoms with Gasteiger partial charge in [-0.05, 0) is 165 Å². The number of pyridine rings is 4. The molecule has 0 amide bonds. The van der Waals surface area contributed by atoms with E-state index in [0.29, 0.717) is 23.7 Å². The number of hydrogen-bond acceptors (Lipinski definition) is 0. The van der Waals surface area contributed by atoms with Crippen LogP contribution in [0.15, 0.2) is 122 Å². The van der Waals surface area contributed by atoms with Crippen molar-refractivity contribution in [3.8, 4) is 45.0 Å². The van der Waals surface area contributed by atoms with Crippen LogP contribution in [-0.4, -0.2) is 32.3 Å². The van der Waals surface area contributed by atoms with Crippen molar-refractivity contribution < 1.29 is 18.3 Å². The van der Waals surface area contributed by atoms with Crippen molar-refractivity contribution in [3.63, 3.8) is 0 Å². The minimum atomic E-state index is -1.44. The summed E-state index contributed by atoms with van der Waals surface area (Å²) in [5.74, 6) is 2.38. The number of hydrogen-bond donors (Lipinski definition) is 0. The molecule has 4 aromatic heterocycles. The van der Waals surface area contributed by atoms with E-state index in [1.165, 1.54) is 112 Å². The van der Waals surface area contributed by atoms with E-state index in [4.69, 9.17) is 0 Å². The molecule has 0 spiro atoms. The van der Waals surface area contributed by atoms with Crippen molar-refractivity contribution in [2.24, 2.45) is 34.1 Å². The van der Waals surface area contributed by atoms with E-state index in [9.17, 15) is 0 Å². The summed E-state index contributed by atoms with van der Waals surface area (Å²) in [5, 5.41) is 6.36. The topological polar surface area (TPSA) is 15.5 Å². The molecule has 0 aliphatic heterocycles. The maximum Gasteiger partial charge on any atom is 0.212 e. The second-order valence-electron chi connectivity index (χ2n) is 37.9. The normalized spacial score (nSPS) is 12.6. The zero-order valence-corrected chi connectivity index (χ0v) is 73.9. The molecule has 0 saturated carbocycles. The molecule has 8 rings (SSSR count). The van der Waals surface area contributed by atoms with Crippen LogP contribution in [-0.2, 0) is 50.9 Å². The van der Waals surface area contributed by atoms with Crippen LogP contribution in [0, 0.1) is 40.5 Å². The van der Waals surface area contributed by atoms with Crippen LogP contribution in [0.25, 0.3) is 45.0 Å². The highest BCUT2D eigenvalue weighted by atomic mass is 28.3. The van der Waals surface area contributed by atoms with Gasteiger partial charge in [-0.1, -0.05) is 250 Å². The first-order chi connectivity index (χ1) is 44.5. The van der Waals surface area contributed by atoms with Crippen molar-refractivity contribution in [1.82, 2.24) is 0 Å². The van der Waals surface area contributed by atoms with Crippen molar-refractivity contribution in [2.75, 3.05) is 0 Å². The lowest BCUT2D eigenvalue weighted by Crippen LogP contribution is -2.47. The third-order valence-corrected chi connectivity index (χ3v) is 27.9. The highest BCUT2D eigenvalue weighted by Crippen LogP contribution is 2.33. The van der Waals surface area contributed by atoms with Crippen LogP contribution in [0.4, 0.5) is 0 Å². The molecule has 0 aliphatic carbocycles. The monoisotopic (exact) mass is 1390 g/mol. The van der Waals surface area contributed by atoms with Crippen molar-refractivity contribution in [1.29, 1.82) is 0 Å². The summed E-state index contributed by atoms with van der Waals surface area (Å²) in [4.78, 5) is 0. The number of benzene rings is 4. The third kappa shape index (κ3) is 21.2. The highest BCUT2D eigenvalue weighted by molar-refractivity contribution is 6.90. The quantitative estimate of drug-likeness (QED) is 0.0808. The molecule has 8 heteroatoms. The molecule has 0 N–H and O–H groups in total. The maximum absolute atomic E-state index is 2.49. The first kappa shape index (κ1) is 83.0. The Hall–Kier alpha value is -5.65. The molecule has 0 unspecified atom stereocenters. The van der Waals surface area contributed by atoms with Gasteiger partial charge < -0.3 is 0 Å². The average Bonchev–Trinajstić information content (AvgIpc) is 0.783. The summed E-state index contributed by atoms with van der Waals surface area (Å²) < 4.78 is 9.28. The van der Waals surface area contributed by atoms with Crippen LogP contribution in [0.1, 0.15) is 202 Å². The largest absolute Gasteiger partial charge is 0.212 e. The summed E-state index contributed by atoms with van der Waals surface area (Å²) in [6.45, 7) is 79.7. The Balaban J connectivity index is 0.000000236. The number of aromatic nitrogens is 4. The van der Waals surface area contributed by atoms with Crippen LogP contribution in [0.3, 0.4) is 0 Å². The molecule has 0 saturated heterocycles. The van der Waals surface area contributed by atoms with E-state index in [-0.39, 0.29) is 16.2 Å². The minimum Gasteiger partial charge on any atom is -0.201 e. The van der Waals surface area contributed by atoms with E-state index >= 15 is 0 Å². The zero-order valence-electron chi connectivity index (χ0n) is 69.9. The molecule has 0 atom stereocenters. The number of rotatable bonds is 13. The predicted molar refractivity (Wildman–Crippen MR) is 445 cm³/mol. The molecule has 0 radical (unpaired) electrons. The fraction of sp³-hybridized carbons (Fsp3) is 0.511. The molecule has 4 nitrogen and oxygen atoms in total. The summed E-state index contributed by atoms with van der Waals surface area (Å²) in [6.07, 6.45) is 10.6. The molecule has 0 aliphatic rings. The fourth-order valence-electron chi connectivity index (χ4n) is 13.7. The van der Waals surface area contributed by atoms with Crippen LogP contribution >= 0.6 is 0 Å². The van der Waals surface area contributed by atoms with E-state index in [1.54, 1.807) is 20.7 Å².